The van der Waals surface area contributed by atoms with Gasteiger partial charge in [-0.2, -0.15) is 33.7 Å². The van der Waals surface area contributed by atoms with E-state index in [4.69, 9.17) is 0 Å². The average Bonchev–Trinajstić information content (AvgIpc) is 3.37. The third-order valence-corrected chi connectivity index (χ3v) is 8.76. The zero-order valence-electron chi connectivity index (χ0n) is 16.6. The number of rotatable bonds is 4. The Hall–Kier alpha value is 0.0800. The SMILES string of the molecule is CS[C@@H]1CCC[C@H](n2cc(Br)cn2)C1.CS[C@H]1CCC[C@H](n2cc(Br)cn2)C1. The molecule has 2 heterocycles. The zero-order chi connectivity index (χ0) is 19.9. The summed E-state index contributed by atoms with van der Waals surface area (Å²) < 4.78 is 6.41. The zero-order valence-corrected chi connectivity index (χ0v) is 21.4. The van der Waals surface area contributed by atoms with Crippen LogP contribution < -0.4 is 0 Å². The minimum atomic E-state index is 0.618. The molecule has 0 amide bonds. The van der Waals surface area contributed by atoms with Gasteiger partial charge in [-0.15, -0.1) is 0 Å². The molecule has 0 saturated heterocycles. The van der Waals surface area contributed by atoms with Crippen molar-refractivity contribution in [2.24, 2.45) is 0 Å². The molecule has 2 aromatic rings. The second kappa shape index (κ2) is 11.5. The molecule has 2 saturated carbocycles. The lowest BCUT2D eigenvalue weighted by atomic mass is 9.95. The molecule has 0 unspecified atom stereocenters. The van der Waals surface area contributed by atoms with Crippen molar-refractivity contribution in [3.63, 3.8) is 0 Å². The largest absolute Gasteiger partial charge is 0.268 e. The van der Waals surface area contributed by atoms with Crippen molar-refractivity contribution < 1.29 is 0 Å². The molecule has 0 spiro atoms. The molecule has 2 aliphatic rings. The summed E-state index contributed by atoms with van der Waals surface area (Å²) in [5, 5.41) is 10.4. The van der Waals surface area contributed by atoms with Crippen LogP contribution in [0.25, 0.3) is 0 Å². The van der Waals surface area contributed by atoms with Crippen molar-refractivity contribution >= 4 is 55.4 Å². The van der Waals surface area contributed by atoms with E-state index in [1.807, 2.05) is 35.9 Å². The molecule has 0 aromatic carbocycles. The molecule has 4 nitrogen and oxygen atoms in total. The molecule has 4 rings (SSSR count). The number of halogens is 2. The third-order valence-electron chi connectivity index (χ3n) is 5.75. The average molecular weight is 550 g/mol. The van der Waals surface area contributed by atoms with Crippen molar-refractivity contribution in [3.8, 4) is 0 Å². The fraction of sp³-hybridized carbons (Fsp3) is 0.700. The van der Waals surface area contributed by atoms with E-state index in [0.717, 1.165) is 19.4 Å². The van der Waals surface area contributed by atoms with Gasteiger partial charge in [-0.25, -0.2) is 0 Å². The molecule has 0 radical (unpaired) electrons. The first kappa shape index (κ1) is 22.8. The van der Waals surface area contributed by atoms with Gasteiger partial charge in [0.1, 0.15) is 0 Å². The molecule has 0 aliphatic heterocycles. The molecule has 8 heteroatoms. The first-order valence-corrected chi connectivity index (χ1v) is 14.2. The molecule has 2 aliphatic carbocycles. The van der Waals surface area contributed by atoms with Crippen LogP contribution in [0.2, 0.25) is 0 Å². The topological polar surface area (TPSA) is 35.6 Å². The fourth-order valence-corrected chi connectivity index (χ4v) is 6.42. The van der Waals surface area contributed by atoms with Crippen molar-refractivity contribution in [1.29, 1.82) is 0 Å². The minimum Gasteiger partial charge on any atom is -0.268 e. The molecule has 28 heavy (non-hydrogen) atoms. The van der Waals surface area contributed by atoms with Crippen LogP contribution in [0.1, 0.15) is 63.5 Å². The second-order valence-electron chi connectivity index (χ2n) is 7.63. The summed E-state index contributed by atoms with van der Waals surface area (Å²) in [6.07, 6.45) is 22.9. The van der Waals surface area contributed by atoms with E-state index in [1.165, 1.54) is 51.4 Å². The van der Waals surface area contributed by atoms with E-state index < -0.39 is 0 Å². The Morgan fingerprint density at radius 2 is 1.21 bits per heavy atom. The van der Waals surface area contributed by atoms with E-state index in [9.17, 15) is 0 Å². The van der Waals surface area contributed by atoms with Crippen molar-refractivity contribution in [1.82, 2.24) is 19.6 Å². The van der Waals surface area contributed by atoms with E-state index in [1.54, 1.807) is 0 Å². The summed E-state index contributed by atoms with van der Waals surface area (Å²) in [6, 6.07) is 1.24. The molecule has 0 bridgehead atoms. The van der Waals surface area contributed by atoms with Crippen LogP contribution in [0.3, 0.4) is 0 Å². The van der Waals surface area contributed by atoms with Crippen molar-refractivity contribution in [3.05, 3.63) is 33.7 Å². The predicted octanol–water partition coefficient (Wildman–Crippen LogP) is 6.98. The van der Waals surface area contributed by atoms with Gasteiger partial charge < -0.3 is 0 Å². The smallest absolute Gasteiger partial charge is 0.0632 e. The predicted molar refractivity (Wildman–Crippen MR) is 129 cm³/mol. The van der Waals surface area contributed by atoms with Gasteiger partial charge in [-0.1, -0.05) is 12.8 Å². The first-order valence-electron chi connectivity index (χ1n) is 10.0. The monoisotopic (exact) mass is 548 g/mol. The molecule has 2 aromatic heterocycles. The summed E-state index contributed by atoms with van der Waals surface area (Å²) in [6.45, 7) is 0. The Morgan fingerprint density at radius 1 is 0.786 bits per heavy atom. The van der Waals surface area contributed by atoms with Crippen LogP contribution in [0, 0.1) is 0 Å². The van der Waals surface area contributed by atoms with Gasteiger partial charge in [0.05, 0.1) is 33.4 Å². The van der Waals surface area contributed by atoms with Crippen LogP contribution in [-0.4, -0.2) is 42.6 Å². The van der Waals surface area contributed by atoms with Gasteiger partial charge >= 0.3 is 0 Å². The van der Waals surface area contributed by atoms with E-state index >= 15 is 0 Å². The van der Waals surface area contributed by atoms with E-state index in [2.05, 4.69) is 76.3 Å². The minimum absolute atomic E-state index is 0.618. The summed E-state index contributed by atoms with van der Waals surface area (Å²) in [5.74, 6) is 0. The maximum absolute atomic E-state index is 4.37. The Bertz CT molecular complexity index is 660. The quantitative estimate of drug-likeness (QED) is 0.412. The number of hydrogen-bond acceptors (Lipinski definition) is 4. The highest BCUT2D eigenvalue weighted by atomic mass is 79.9. The molecule has 0 N–H and O–H groups in total. The second-order valence-corrected chi connectivity index (χ2v) is 11.7. The lowest BCUT2D eigenvalue weighted by Gasteiger charge is -2.28. The lowest BCUT2D eigenvalue weighted by molar-refractivity contribution is 0.336. The molecule has 156 valence electrons. The fourth-order valence-electron chi connectivity index (χ4n) is 4.18. The Balaban J connectivity index is 0.000000161. The van der Waals surface area contributed by atoms with Crippen molar-refractivity contribution in [2.75, 3.05) is 12.5 Å². The van der Waals surface area contributed by atoms with Crippen LogP contribution in [0.4, 0.5) is 0 Å². The summed E-state index contributed by atoms with van der Waals surface area (Å²) >= 11 is 10.9. The summed E-state index contributed by atoms with van der Waals surface area (Å²) in [5.41, 5.74) is 0. The number of hydrogen-bond donors (Lipinski definition) is 0. The lowest BCUT2D eigenvalue weighted by Crippen LogP contribution is -2.20. The highest BCUT2D eigenvalue weighted by Gasteiger charge is 2.23. The van der Waals surface area contributed by atoms with Gasteiger partial charge in [0, 0.05) is 22.9 Å². The van der Waals surface area contributed by atoms with Crippen LogP contribution in [0.15, 0.2) is 33.7 Å². The first-order chi connectivity index (χ1) is 13.6. The van der Waals surface area contributed by atoms with Crippen LogP contribution in [0.5, 0.6) is 0 Å². The van der Waals surface area contributed by atoms with Gasteiger partial charge in [-0.05, 0) is 82.9 Å². The number of aromatic nitrogens is 4. The highest BCUT2D eigenvalue weighted by Crippen LogP contribution is 2.35. The normalized spacial score (nSPS) is 27.9. The van der Waals surface area contributed by atoms with Crippen LogP contribution in [-0.2, 0) is 0 Å². The standard InChI is InChI=1S/2C10H15BrN2S/c2*1-14-10-4-2-3-9(5-10)13-7-8(11)6-12-13/h2*6-7,9-10H,2-5H2,1H3/t9-,10+;9-,10-/m00/s1. The molecule has 4 atom stereocenters. The van der Waals surface area contributed by atoms with Gasteiger partial charge in [0.15, 0.2) is 0 Å². The molecule has 2 fully saturated rings. The maximum Gasteiger partial charge on any atom is 0.0632 e. The van der Waals surface area contributed by atoms with Crippen LogP contribution >= 0.6 is 55.4 Å². The number of nitrogens with zero attached hydrogens (tertiary/aromatic N) is 4. The Kier molecular flexibility index (Phi) is 9.32. The number of thioether (sulfide) groups is 2. The van der Waals surface area contributed by atoms with Gasteiger partial charge in [0.2, 0.25) is 0 Å². The Morgan fingerprint density at radius 3 is 1.54 bits per heavy atom. The molecular weight excluding hydrogens is 520 g/mol. The summed E-state index contributed by atoms with van der Waals surface area (Å²) in [7, 11) is 0. The van der Waals surface area contributed by atoms with E-state index in [0.29, 0.717) is 12.1 Å². The Labute approximate surface area is 194 Å². The summed E-state index contributed by atoms with van der Waals surface area (Å²) in [4.78, 5) is 0. The third kappa shape index (κ3) is 6.54. The van der Waals surface area contributed by atoms with Gasteiger partial charge in [-0.3, -0.25) is 9.36 Å². The van der Waals surface area contributed by atoms with E-state index in [-0.39, 0.29) is 0 Å². The van der Waals surface area contributed by atoms with Crippen molar-refractivity contribution in [2.45, 2.75) is 74.0 Å². The highest BCUT2D eigenvalue weighted by molar-refractivity contribution is 9.10. The molecular formula is C20H30Br2N4S2. The van der Waals surface area contributed by atoms with Gasteiger partial charge in [0.25, 0.3) is 0 Å². The maximum atomic E-state index is 4.37.